The maximum Gasteiger partial charge on any atom is 0.0598 e. The Morgan fingerprint density at radius 1 is 1.12 bits per heavy atom. The molecule has 0 spiro atoms. The van der Waals surface area contributed by atoms with Crippen LogP contribution in [0.15, 0.2) is 42.7 Å². The number of aryl methyl sites for hydroxylation is 1. The molecule has 2 rings (SSSR count). The fraction of sp³-hybridized carbons (Fsp3) is 0.0714. The highest BCUT2D eigenvalue weighted by molar-refractivity contribution is 9.10. The average molecular weight is 287 g/mol. The molecule has 1 heterocycles. The molecule has 17 heavy (non-hydrogen) atoms. The molecule has 0 fully saturated rings. The zero-order valence-corrected chi connectivity index (χ0v) is 11.0. The van der Waals surface area contributed by atoms with Crippen LogP contribution in [-0.4, -0.2) is 4.98 Å². The topological polar surface area (TPSA) is 24.9 Å². The summed E-state index contributed by atoms with van der Waals surface area (Å²) in [4.78, 5) is 4.07. The Bertz CT molecular complexity index is 582. The van der Waals surface area contributed by atoms with E-state index in [2.05, 4.69) is 37.3 Å². The van der Waals surface area contributed by atoms with Gasteiger partial charge in [0.25, 0.3) is 0 Å². The van der Waals surface area contributed by atoms with Crippen LogP contribution in [0.2, 0.25) is 0 Å². The van der Waals surface area contributed by atoms with Crippen molar-refractivity contribution in [1.82, 2.24) is 4.98 Å². The summed E-state index contributed by atoms with van der Waals surface area (Å²) in [6, 6.07) is 9.83. The zero-order valence-electron chi connectivity index (χ0n) is 9.37. The van der Waals surface area contributed by atoms with E-state index >= 15 is 0 Å². The highest BCUT2D eigenvalue weighted by atomic mass is 79.9. The van der Waals surface area contributed by atoms with Gasteiger partial charge in [0.05, 0.1) is 5.69 Å². The van der Waals surface area contributed by atoms with Gasteiger partial charge in [-0.2, -0.15) is 0 Å². The van der Waals surface area contributed by atoms with E-state index in [4.69, 9.17) is 0 Å². The molecule has 1 aromatic carbocycles. The Morgan fingerprint density at radius 2 is 1.88 bits per heavy atom. The third kappa shape index (κ3) is 2.86. The highest BCUT2D eigenvalue weighted by Gasteiger charge is 1.96. The lowest BCUT2D eigenvalue weighted by Crippen LogP contribution is -1.86. The van der Waals surface area contributed by atoms with Gasteiger partial charge in [-0.15, -0.1) is 0 Å². The highest BCUT2D eigenvalue weighted by Crippen LogP contribution is 2.15. The second kappa shape index (κ2) is 5.51. The first kappa shape index (κ1) is 11.7. The number of nitrogens with zero attached hydrogens (tertiary/aromatic N) is 1. The van der Waals surface area contributed by atoms with Crippen LogP contribution >= 0.6 is 16.1 Å². The summed E-state index contributed by atoms with van der Waals surface area (Å²) in [6.07, 6.45) is 3.56. The van der Waals surface area contributed by atoms with Crippen molar-refractivity contribution in [1.29, 1.82) is 0 Å². The van der Waals surface area contributed by atoms with Gasteiger partial charge in [0.2, 0.25) is 0 Å². The lowest BCUT2D eigenvalue weighted by atomic mass is 10.1. The lowest BCUT2D eigenvalue weighted by Gasteiger charge is -2.00. The molecular weight excluding hydrogens is 276 g/mol. The van der Waals surface area contributed by atoms with E-state index in [-0.39, 0.29) is 0 Å². The minimum Gasteiger partial charge on any atom is -0.321 e. The molecule has 0 aliphatic carbocycles. The summed E-state index contributed by atoms with van der Waals surface area (Å²) in [5, 5.41) is 0. The molecule has 0 aliphatic heterocycles. The monoisotopic (exact) mass is 286 g/mol. The summed E-state index contributed by atoms with van der Waals surface area (Å²) >= 11 is 3.22. The fourth-order valence-electron chi connectivity index (χ4n) is 1.40. The van der Waals surface area contributed by atoms with Gasteiger partial charge in [0, 0.05) is 39.7 Å². The third-order valence-corrected chi connectivity index (χ3v) is 2.83. The van der Waals surface area contributed by atoms with Gasteiger partial charge in [-0.25, -0.2) is 0 Å². The van der Waals surface area contributed by atoms with Crippen LogP contribution in [0.25, 0.3) is 0 Å². The molecule has 2 aromatic rings. The predicted octanol–water partition coefficient (Wildman–Crippen LogP) is 3.51. The van der Waals surface area contributed by atoms with E-state index < -0.39 is 0 Å². The van der Waals surface area contributed by atoms with Crippen molar-refractivity contribution in [3.05, 3.63) is 59.4 Å². The number of aromatic nitrogens is 1. The molecule has 0 amide bonds. The maximum absolute atomic E-state index is 4.07. The number of anilines is 1. The Morgan fingerprint density at radius 3 is 2.65 bits per heavy atom. The number of hydrogen-bond acceptors (Lipinski definition) is 2. The maximum atomic E-state index is 4.07. The number of nitrogens with one attached hydrogen (secondary N) is 1. The first-order valence-electron chi connectivity index (χ1n) is 5.19. The standard InChI is InChI=1S/C14H11BrN2/c1-11-8-9-16-10-13(11)7-6-12-4-2-3-5-14(12)17-15/h2-5,8-10,17H,1H3. The van der Waals surface area contributed by atoms with Crippen molar-refractivity contribution in [3.8, 4) is 11.8 Å². The molecule has 1 aromatic heterocycles. The first-order valence-corrected chi connectivity index (χ1v) is 5.99. The number of rotatable bonds is 1. The van der Waals surface area contributed by atoms with E-state index in [1.54, 1.807) is 12.4 Å². The quantitative estimate of drug-likeness (QED) is 0.641. The van der Waals surface area contributed by atoms with Crippen molar-refractivity contribution >= 4 is 21.8 Å². The number of pyridine rings is 1. The van der Waals surface area contributed by atoms with E-state index in [1.807, 2.05) is 37.3 Å². The van der Waals surface area contributed by atoms with Crippen LogP contribution in [0, 0.1) is 18.8 Å². The fourth-order valence-corrected chi connectivity index (χ4v) is 1.75. The first-order chi connectivity index (χ1) is 8.31. The molecule has 0 atom stereocenters. The summed E-state index contributed by atoms with van der Waals surface area (Å²) in [5.74, 6) is 6.27. The van der Waals surface area contributed by atoms with E-state index in [0.717, 1.165) is 22.4 Å². The molecular formula is C14H11BrN2. The van der Waals surface area contributed by atoms with E-state index in [1.165, 1.54) is 0 Å². The number of halogens is 1. The van der Waals surface area contributed by atoms with Gasteiger partial charge in [-0.05, 0) is 30.7 Å². The molecule has 0 aliphatic rings. The molecule has 84 valence electrons. The Balaban J connectivity index is 2.37. The van der Waals surface area contributed by atoms with Gasteiger partial charge < -0.3 is 4.34 Å². The van der Waals surface area contributed by atoms with Gasteiger partial charge in [0.1, 0.15) is 0 Å². The molecule has 0 saturated carbocycles. The van der Waals surface area contributed by atoms with Crippen LogP contribution in [-0.2, 0) is 0 Å². The van der Waals surface area contributed by atoms with Crippen molar-refractivity contribution in [2.45, 2.75) is 6.92 Å². The summed E-state index contributed by atoms with van der Waals surface area (Å²) < 4.78 is 2.94. The molecule has 0 saturated heterocycles. The number of para-hydroxylation sites is 1. The lowest BCUT2D eigenvalue weighted by molar-refractivity contribution is 1.27. The minimum absolute atomic E-state index is 0.952. The van der Waals surface area contributed by atoms with Gasteiger partial charge in [0.15, 0.2) is 0 Å². The average Bonchev–Trinajstić information content (AvgIpc) is 2.38. The normalized spacial score (nSPS) is 9.29. The SMILES string of the molecule is Cc1ccncc1C#Cc1ccccc1NBr. The number of hydrogen-bond donors (Lipinski definition) is 1. The Labute approximate surface area is 109 Å². The number of benzene rings is 1. The third-order valence-electron chi connectivity index (χ3n) is 2.40. The van der Waals surface area contributed by atoms with Gasteiger partial charge in [-0.3, -0.25) is 4.98 Å². The van der Waals surface area contributed by atoms with Crippen molar-refractivity contribution in [2.75, 3.05) is 4.34 Å². The Hall–Kier alpha value is -1.79. The second-order valence-electron chi connectivity index (χ2n) is 3.58. The van der Waals surface area contributed by atoms with Gasteiger partial charge >= 0.3 is 0 Å². The van der Waals surface area contributed by atoms with Crippen molar-refractivity contribution in [2.24, 2.45) is 0 Å². The molecule has 3 heteroatoms. The molecule has 0 unspecified atom stereocenters. The van der Waals surface area contributed by atoms with Crippen molar-refractivity contribution < 1.29 is 0 Å². The van der Waals surface area contributed by atoms with E-state index in [0.29, 0.717) is 0 Å². The molecule has 0 bridgehead atoms. The van der Waals surface area contributed by atoms with Crippen molar-refractivity contribution in [3.63, 3.8) is 0 Å². The Kier molecular flexibility index (Phi) is 3.79. The zero-order chi connectivity index (χ0) is 12.1. The minimum atomic E-state index is 0.952. The second-order valence-corrected chi connectivity index (χ2v) is 3.98. The molecule has 2 nitrogen and oxygen atoms in total. The summed E-state index contributed by atoms with van der Waals surface area (Å²) in [7, 11) is 0. The van der Waals surface area contributed by atoms with Crippen LogP contribution in [0.3, 0.4) is 0 Å². The molecule has 0 radical (unpaired) electrons. The van der Waals surface area contributed by atoms with Crippen LogP contribution < -0.4 is 4.34 Å². The molecule has 1 N–H and O–H groups in total. The van der Waals surface area contributed by atoms with Crippen LogP contribution in [0.5, 0.6) is 0 Å². The van der Waals surface area contributed by atoms with Gasteiger partial charge in [-0.1, -0.05) is 24.0 Å². The van der Waals surface area contributed by atoms with Crippen LogP contribution in [0.4, 0.5) is 5.69 Å². The predicted molar refractivity (Wildman–Crippen MR) is 73.9 cm³/mol. The smallest absolute Gasteiger partial charge is 0.0598 e. The van der Waals surface area contributed by atoms with Crippen LogP contribution in [0.1, 0.15) is 16.7 Å². The summed E-state index contributed by atoms with van der Waals surface area (Å²) in [6.45, 7) is 2.03. The largest absolute Gasteiger partial charge is 0.321 e. The van der Waals surface area contributed by atoms with E-state index in [9.17, 15) is 0 Å². The summed E-state index contributed by atoms with van der Waals surface area (Å²) in [5.41, 5.74) is 4.00.